The fourth-order valence-corrected chi connectivity index (χ4v) is 2.19. The smallest absolute Gasteiger partial charge is 0.314 e. The Labute approximate surface area is 152 Å². The van der Waals surface area contributed by atoms with Gasteiger partial charge in [-0.2, -0.15) is 0 Å². The number of urea groups is 1. The van der Waals surface area contributed by atoms with Crippen molar-refractivity contribution in [3.8, 4) is 0 Å². The molecule has 0 aromatic rings. The summed E-state index contributed by atoms with van der Waals surface area (Å²) in [6, 6.07) is -0.107. The quantitative estimate of drug-likeness (QED) is 0.338. The van der Waals surface area contributed by atoms with Crippen LogP contribution in [0.15, 0.2) is 0 Å². The van der Waals surface area contributed by atoms with Gasteiger partial charge in [-0.3, -0.25) is 9.59 Å². The van der Waals surface area contributed by atoms with E-state index in [2.05, 4.69) is 21.3 Å². The molecule has 0 saturated heterocycles. The summed E-state index contributed by atoms with van der Waals surface area (Å²) in [5.74, 6) is 0.171. The van der Waals surface area contributed by atoms with Crippen LogP contribution in [-0.2, 0) is 9.59 Å². The highest BCUT2D eigenvalue weighted by molar-refractivity contribution is 5.76. The van der Waals surface area contributed by atoms with Gasteiger partial charge in [-0.15, -0.1) is 0 Å². The predicted octanol–water partition coefficient (Wildman–Crippen LogP) is 2.07. The number of carbonyl (C=O) groups is 3. The fourth-order valence-electron chi connectivity index (χ4n) is 2.19. The van der Waals surface area contributed by atoms with E-state index in [-0.39, 0.29) is 17.8 Å². The lowest BCUT2D eigenvalue weighted by Crippen LogP contribution is -2.36. The zero-order chi connectivity index (χ0) is 18.8. The summed E-state index contributed by atoms with van der Waals surface area (Å²) < 4.78 is 0. The molecule has 0 spiro atoms. The first-order chi connectivity index (χ1) is 12.1. The van der Waals surface area contributed by atoms with Gasteiger partial charge in [0.05, 0.1) is 0 Å². The molecule has 0 unspecified atom stereocenters. The van der Waals surface area contributed by atoms with E-state index in [0.717, 1.165) is 44.9 Å². The minimum atomic E-state index is -0.107. The molecule has 0 heterocycles. The van der Waals surface area contributed by atoms with Crippen molar-refractivity contribution in [2.45, 2.75) is 71.6 Å². The van der Waals surface area contributed by atoms with E-state index in [1.807, 2.05) is 13.8 Å². The summed E-state index contributed by atoms with van der Waals surface area (Å²) in [6.45, 7) is 6.59. The summed E-state index contributed by atoms with van der Waals surface area (Å²) in [4.78, 5) is 34.0. The highest BCUT2D eigenvalue weighted by Gasteiger charge is 2.01. The minimum Gasteiger partial charge on any atom is -0.356 e. The second-order valence-corrected chi connectivity index (χ2v) is 6.11. The SMILES string of the molecule is CCCNC(=O)NCCCCCNC(=O)CCCCCNC(=O)CC. The summed E-state index contributed by atoms with van der Waals surface area (Å²) in [6.07, 6.45) is 7.52. The van der Waals surface area contributed by atoms with Crippen molar-refractivity contribution in [1.29, 1.82) is 0 Å². The van der Waals surface area contributed by atoms with Gasteiger partial charge in [-0.1, -0.05) is 20.3 Å². The second kappa shape index (κ2) is 17.0. The van der Waals surface area contributed by atoms with Crippen LogP contribution in [-0.4, -0.2) is 44.0 Å². The Bertz CT molecular complexity index is 375. The topological polar surface area (TPSA) is 99.3 Å². The Morgan fingerprint density at radius 1 is 0.600 bits per heavy atom. The number of amides is 4. The van der Waals surface area contributed by atoms with Crippen molar-refractivity contribution in [1.82, 2.24) is 21.3 Å². The van der Waals surface area contributed by atoms with Crippen molar-refractivity contribution in [3.05, 3.63) is 0 Å². The molecule has 0 atom stereocenters. The number of hydrogen-bond donors (Lipinski definition) is 4. The number of rotatable bonds is 15. The van der Waals surface area contributed by atoms with Crippen LogP contribution >= 0.6 is 0 Å². The standard InChI is InChI=1S/C18H36N4O3/c1-3-12-21-18(25)22-15-10-6-9-14-20-17(24)11-7-5-8-13-19-16(23)4-2/h3-15H2,1-2H3,(H,19,23)(H,20,24)(H2,21,22,25). The molecule has 0 bridgehead atoms. The molecule has 0 rings (SSSR count). The van der Waals surface area contributed by atoms with Crippen LogP contribution in [0, 0.1) is 0 Å². The summed E-state index contributed by atoms with van der Waals surface area (Å²) in [7, 11) is 0. The van der Waals surface area contributed by atoms with Gasteiger partial charge in [-0.25, -0.2) is 4.79 Å². The molecule has 4 amide bonds. The van der Waals surface area contributed by atoms with Gasteiger partial charge in [0.2, 0.25) is 11.8 Å². The van der Waals surface area contributed by atoms with Gasteiger partial charge in [0.15, 0.2) is 0 Å². The van der Waals surface area contributed by atoms with E-state index < -0.39 is 0 Å². The van der Waals surface area contributed by atoms with Gasteiger partial charge < -0.3 is 21.3 Å². The van der Waals surface area contributed by atoms with Crippen molar-refractivity contribution in [2.75, 3.05) is 26.2 Å². The first kappa shape index (κ1) is 23.2. The average molecular weight is 357 g/mol. The third-order valence-electron chi connectivity index (χ3n) is 3.72. The predicted molar refractivity (Wildman–Crippen MR) is 100 cm³/mol. The molecular formula is C18H36N4O3. The van der Waals surface area contributed by atoms with E-state index >= 15 is 0 Å². The molecular weight excluding hydrogens is 320 g/mol. The van der Waals surface area contributed by atoms with Crippen LogP contribution in [0.2, 0.25) is 0 Å². The molecule has 7 nitrogen and oxygen atoms in total. The maximum absolute atomic E-state index is 11.7. The maximum atomic E-state index is 11.7. The van der Waals surface area contributed by atoms with Crippen LogP contribution in [0.5, 0.6) is 0 Å². The van der Waals surface area contributed by atoms with E-state index in [9.17, 15) is 14.4 Å². The van der Waals surface area contributed by atoms with Gasteiger partial charge in [0, 0.05) is 39.0 Å². The molecule has 0 aliphatic rings. The van der Waals surface area contributed by atoms with Gasteiger partial charge in [-0.05, 0) is 38.5 Å². The monoisotopic (exact) mass is 356 g/mol. The van der Waals surface area contributed by atoms with Crippen LogP contribution in [0.25, 0.3) is 0 Å². The van der Waals surface area contributed by atoms with Crippen molar-refractivity contribution in [2.24, 2.45) is 0 Å². The maximum Gasteiger partial charge on any atom is 0.314 e. The number of unbranched alkanes of at least 4 members (excludes halogenated alkanes) is 4. The third kappa shape index (κ3) is 16.8. The van der Waals surface area contributed by atoms with E-state index in [1.165, 1.54) is 0 Å². The summed E-state index contributed by atoms with van der Waals surface area (Å²) in [5, 5.41) is 11.3. The fraction of sp³-hybridized carbons (Fsp3) is 0.833. The first-order valence-corrected chi connectivity index (χ1v) is 9.65. The molecule has 0 aromatic heterocycles. The van der Waals surface area contributed by atoms with Crippen LogP contribution in [0.3, 0.4) is 0 Å². The number of hydrogen-bond acceptors (Lipinski definition) is 3. The van der Waals surface area contributed by atoms with Crippen LogP contribution in [0.1, 0.15) is 71.6 Å². The van der Waals surface area contributed by atoms with Crippen molar-refractivity contribution in [3.63, 3.8) is 0 Å². The number of nitrogens with one attached hydrogen (secondary N) is 4. The summed E-state index contributed by atoms with van der Waals surface area (Å²) >= 11 is 0. The van der Waals surface area contributed by atoms with Gasteiger partial charge in [0.1, 0.15) is 0 Å². The van der Waals surface area contributed by atoms with Crippen molar-refractivity contribution < 1.29 is 14.4 Å². The Morgan fingerprint density at radius 3 is 1.72 bits per heavy atom. The molecule has 0 radical (unpaired) electrons. The van der Waals surface area contributed by atoms with Crippen LogP contribution in [0.4, 0.5) is 4.79 Å². The summed E-state index contributed by atoms with van der Waals surface area (Å²) in [5.41, 5.74) is 0. The Kier molecular flexibility index (Phi) is 15.8. The average Bonchev–Trinajstić information content (AvgIpc) is 2.61. The van der Waals surface area contributed by atoms with E-state index in [4.69, 9.17) is 0 Å². The molecule has 0 aliphatic heterocycles. The highest BCUT2D eigenvalue weighted by atomic mass is 16.2. The number of carbonyl (C=O) groups excluding carboxylic acids is 3. The largest absolute Gasteiger partial charge is 0.356 e. The second-order valence-electron chi connectivity index (χ2n) is 6.11. The molecule has 0 saturated carbocycles. The third-order valence-corrected chi connectivity index (χ3v) is 3.72. The van der Waals surface area contributed by atoms with Crippen LogP contribution < -0.4 is 21.3 Å². The van der Waals surface area contributed by atoms with E-state index in [0.29, 0.717) is 39.0 Å². The lowest BCUT2D eigenvalue weighted by atomic mass is 10.2. The van der Waals surface area contributed by atoms with Gasteiger partial charge >= 0.3 is 6.03 Å². The molecule has 7 heteroatoms. The minimum absolute atomic E-state index is 0.0783. The normalized spacial score (nSPS) is 10.2. The molecule has 0 fully saturated rings. The Balaban J connectivity index is 3.30. The lowest BCUT2D eigenvalue weighted by Gasteiger charge is -2.07. The highest BCUT2D eigenvalue weighted by Crippen LogP contribution is 1.99. The van der Waals surface area contributed by atoms with E-state index in [1.54, 1.807) is 0 Å². The lowest BCUT2D eigenvalue weighted by molar-refractivity contribution is -0.122. The molecule has 25 heavy (non-hydrogen) atoms. The molecule has 146 valence electrons. The van der Waals surface area contributed by atoms with Crippen molar-refractivity contribution >= 4 is 17.8 Å². The molecule has 4 N–H and O–H groups in total. The zero-order valence-corrected chi connectivity index (χ0v) is 15.9. The first-order valence-electron chi connectivity index (χ1n) is 9.65. The zero-order valence-electron chi connectivity index (χ0n) is 15.9. The molecule has 0 aliphatic carbocycles. The molecule has 0 aromatic carbocycles. The Morgan fingerprint density at radius 2 is 1.12 bits per heavy atom. The van der Waals surface area contributed by atoms with Gasteiger partial charge in [0.25, 0.3) is 0 Å². The Hall–Kier alpha value is -1.79.